The minimum Gasteiger partial charge on any atom is -0.396 e. The van der Waals surface area contributed by atoms with Crippen LogP contribution in [-0.4, -0.2) is 0 Å². The number of nitrogen functional groups attached to an aromatic ring is 1. The molecule has 2 heteroatoms. The van der Waals surface area contributed by atoms with Gasteiger partial charge in [-0.3, -0.25) is 0 Å². The molecule has 92 valence electrons. The summed E-state index contributed by atoms with van der Waals surface area (Å²) in [4.78, 5) is 0. The topological polar surface area (TPSA) is 26.0 Å². The summed E-state index contributed by atoms with van der Waals surface area (Å²) in [5, 5.41) is 0. The number of benzene rings is 2. The third-order valence-electron chi connectivity index (χ3n) is 3.83. The highest BCUT2D eigenvalue weighted by Crippen LogP contribution is 2.38. The number of hydrogen-bond acceptors (Lipinski definition) is 1. The first kappa shape index (κ1) is 11.3. The summed E-state index contributed by atoms with van der Waals surface area (Å²) >= 11 is 0. The minimum atomic E-state index is -0.346. The first-order valence-electron chi connectivity index (χ1n) is 6.40. The molecule has 1 aliphatic carbocycles. The first-order valence-corrected chi connectivity index (χ1v) is 6.40. The molecule has 0 radical (unpaired) electrons. The molecule has 0 amide bonds. The van der Waals surface area contributed by atoms with Gasteiger partial charge in [0.15, 0.2) is 0 Å². The molecule has 0 aliphatic heterocycles. The van der Waals surface area contributed by atoms with E-state index in [9.17, 15) is 4.39 Å². The van der Waals surface area contributed by atoms with E-state index in [0.29, 0.717) is 5.92 Å². The summed E-state index contributed by atoms with van der Waals surface area (Å²) in [6.07, 6.45) is 3.85. The van der Waals surface area contributed by atoms with Crippen molar-refractivity contribution in [1.29, 1.82) is 0 Å². The van der Waals surface area contributed by atoms with E-state index < -0.39 is 0 Å². The predicted molar refractivity (Wildman–Crippen MR) is 72.8 cm³/mol. The molecule has 0 bridgehead atoms. The van der Waals surface area contributed by atoms with E-state index in [2.05, 4.69) is 12.1 Å². The van der Waals surface area contributed by atoms with Crippen molar-refractivity contribution < 1.29 is 4.39 Å². The van der Waals surface area contributed by atoms with Gasteiger partial charge in [0.05, 0.1) is 5.69 Å². The number of hydrogen-bond donors (Lipinski definition) is 1. The third-order valence-corrected chi connectivity index (χ3v) is 3.83. The van der Waals surface area contributed by atoms with E-state index in [0.717, 1.165) is 11.1 Å². The molecule has 0 saturated heterocycles. The fourth-order valence-electron chi connectivity index (χ4n) is 2.49. The van der Waals surface area contributed by atoms with Crippen molar-refractivity contribution in [3.63, 3.8) is 0 Å². The van der Waals surface area contributed by atoms with Gasteiger partial charge in [0.25, 0.3) is 0 Å². The molecular formula is C16H16FN. The average Bonchev–Trinajstić information content (AvgIpc) is 2.31. The van der Waals surface area contributed by atoms with Crippen molar-refractivity contribution in [3.8, 4) is 11.1 Å². The maximum Gasteiger partial charge on any atom is 0.146 e. The molecule has 0 heterocycles. The van der Waals surface area contributed by atoms with Gasteiger partial charge in [0.1, 0.15) is 5.82 Å². The molecule has 3 rings (SSSR count). The van der Waals surface area contributed by atoms with Crippen molar-refractivity contribution in [2.45, 2.75) is 25.2 Å². The van der Waals surface area contributed by atoms with Gasteiger partial charge in [0.2, 0.25) is 0 Å². The van der Waals surface area contributed by atoms with E-state index in [-0.39, 0.29) is 11.5 Å². The lowest BCUT2D eigenvalue weighted by Crippen LogP contribution is -2.08. The quantitative estimate of drug-likeness (QED) is 0.777. The van der Waals surface area contributed by atoms with E-state index >= 15 is 0 Å². The lowest BCUT2D eigenvalue weighted by Gasteiger charge is -2.26. The van der Waals surface area contributed by atoms with Crippen LogP contribution in [0.25, 0.3) is 11.1 Å². The molecular weight excluding hydrogens is 225 g/mol. The van der Waals surface area contributed by atoms with Gasteiger partial charge in [0, 0.05) is 5.56 Å². The number of halogens is 1. The van der Waals surface area contributed by atoms with Crippen molar-refractivity contribution in [2.75, 3.05) is 5.73 Å². The zero-order valence-corrected chi connectivity index (χ0v) is 10.2. The molecule has 2 N–H and O–H groups in total. The Bertz CT molecular complexity index is 573. The standard InChI is InChI=1S/C16H16FN/c17-15-9-3-8-14(16(15)18)13-7-2-6-12(10-13)11-4-1-5-11/h2-3,6-11H,1,4-5,18H2. The van der Waals surface area contributed by atoms with Gasteiger partial charge in [-0.15, -0.1) is 0 Å². The van der Waals surface area contributed by atoms with Gasteiger partial charge < -0.3 is 5.73 Å². The normalized spacial score (nSPS) is 15.4. The SMILES string of the molecule is Nc1c(F)cccc1-c1cccc(C2CCC2)c1. The summed E-state index contributed by atoms with van der Waals surface area (Å²) in [6, 6.07) is 13.3. The highest BCUT2D eigenvalue weighted by atomic mass is 19.1. The highest BCUT2D eigenvalue weighted by Gasteiger charge is 2.19. The summed E-state index contributed by atoms with van der Waals surface area (Å²) < 4.78 is 13.5. The fraction of sp³-hybridized carbons (Fsp3) is 0.250. The summed E-state index contributed by atoms with van der Waals surface area (Å²) in [7, 11) is 0. The molecule has 2 aromatic rings. The largest absolute Gasteiger partial charge is 0.396 e. The van der Waals surface area contributed by atoms with Crippen molar-refractivity contribution in [1.82, 2.24) is 0 Å². The Morgan fingerprint density at radius 1 is 1.06 bits per heavy atom. The molecule has 0 atom stereocenters. The van der Waals surface area contributed by atoms with Crippen LogP contribution in [0.3, 0.4) is 0 Å². The van der Waals surface area contributed by atoms with Crippen LogP contribution in [0.5, 0.6) is 0 Å². The number of para-hydroxylation sites is 1. The van der Waals surface area contributed by atoms with Crippen LogP contribution in [-0.2, 0) is 0 Å². The van der Waals surface area contributed by atoms with Crippen LogP contribution in [0.1, 0.15) is 30.7 Å². The van der Waals surface area contributed by atoms with Crippen molar-refractivity contribution >= 4 is 5.69 Å². The van der Waals surface area contributed by atoms with Crippen LogP contribution in [0.15, 0.2) is 42.5 Å². The molecule has 1 aliphatic rings. The summed E-state index contributed by atoms with van der Waals surface area (Å²) in [5.41, 5.74) is 9.20. The van der Waals surface area contributed by atoms with Crippen LogP contribution in [0.2, 0.25) is 0 Å². The Kier molecular flexibility index (Phi) is 2.78. The average molecular weight is 241 g/mol. The Morgan fingerprint density at radius 3 is 2.56 bits per heavy atom. The molecule has 0 aromatic heterocycles. The Morgan fingerprint density at radius 2 is 1.83 bits per heavy atom. The Hall–Kier alpha value is -1.83. The zero-order chi connectivity index (χ0) is 12.5. The highest BCUT2D eigenvalue weighted by molar-refractivity contribution is 5.77. The Balaban J connectivity index is 2.03. The maximum atomic E-state index is 13.5. The Labute approximate surface area is 106 Å². The van der Waals surface area contributed by atoms with E-state index in [1.807, 2.05) is 18.2 Å². The minimum absolute atomic E-state index is 0.239. The van der Waals surface area contributed by atoms with Gasteiger partial charge in [-0.2, -0.15) is 0 Å². The van der Waals surface area contributed by atoms with E-state index in [1.54, 1.807) is 6.07 Å². The van der Waals surface area contributed by atoms with Crippen LogP contribution >= 0.6 is 0 Å². The molecule has 1 nitrogen and oxygen atoms in total. The third kappa shape index (κ3) is 1.88. The van der Waals surface area contributed by atoms with Gasteiger partial charge >= 0.3 is 0 Å². The molecule has 1 saturated carbocycles. The van der Waals surface area contributed by atoms with Gasteiger partial charge in [-0.25, -0.2) is 4.39 Å². The smallest absolute Gasteiger partial charge is 0.146 e. The lowest BCUT2D eigenvalue weighted by atomic mass is 9.79. The number of anilines is 1. The fourth-order valence-corrected chi connectivity index (χ4v) is 2.49. The van der Waals surface area contributed by atoms with Crippen LogP contribution in [0.4, 0.5) is 10.1 Å². The second-order valence-electron chi connectivity index (χ2n) is 4.95. The lowest BCUT2D eigenvalue weighted by molar-refractivity contribution is 0.420. The second-order valence-corrected chi connectivity index (χ2v) is 4.95. The summed E-state index contributed by atoms with van der Waals surface area (Å²) in [5.74, 6) is 0.335. The second kappa shape index (κ2) is 4.45. The molecule has 1 fully saturated rings. The van der Waals surface area contributed by atoms with Gasteiger partial charge in [-0.05, 0) is 36.0 Å². The molecule has 2 aromatic carbocycles. The number of nitrogens with two attached hydrogens (primary N) is 1. The van der Waals surface area contributed by atoms with Crippen LogP contribution in [0, 0.1) is 5.82 Å². The van der Waals surface area contributed by atoms with Crippen molar-refractivity contribution in [3.05, 3.63) is 53.8 Å². The first-order chi connectivity index (χ1) is 8.75. The molecule has 18 heavy (non-hydrogen) atoms. The molecule has 0 unspecified atom stereocenters. The van der Waals surface area contributed by atoms with E-state index in [1.165, 1.54) is 30.9 Å². The van der Waals surface area contributed by atoms with Crippen LogP contribution < -0.4 is 5.73 Å². The monoisotopic (exact) mass is 241 g/mol. The van der Waals surface area contributed by atoms with Gasteiger partial charge in [-0.1, -0.05) is 42.8 Å². The molecule has 0 spiro atoms. The maximum absolute atomic E-state index is 13.5. The summed E-state index contributed by atoms with van der Waals surface area (Å²) in [6.45, 7) is 0. The number of rotatable bonds is 2. The predicted octanol–water partition coefficient (Wildman–Crippen LogP) is 4.34. The van der Waals surface area contributed by atoms with E-state index in [4.69, 9.17) is 5.73 Å². The zero-order valence-electron chi connectivity index (χ0n) is 10.2. The van der Waals surface area contributed by atoms with Crippen molar-refractivity contribution in [2.24, 2.45) is 0 Å².